The standard InChI is InChI=1S/C14H14Cl2N4/c1-17-11-3-2-4-12-9(11)7-19-14(20-12)13-10(16)5-8(15)6-18-13/h5-7,11,17H,2-4H2,1H3. The molecule has 0 aliphatic heterocycles. The van der Waals surface area contributed by atoms with E-state index in [2.05, 4.69) is 20.3 Å². The molecule has 6 heteroatoms. The Hall–Kier alpha value is -1.23. The summed E-state index contributed by atoms with van der Waals surface area (Å²) in [7, 11) is 1.96. The van der Waals surface area contributed by atoms with E-state index < -0.39 is 0 Å². The van der Waals surface area contributed by atoms with Crippen LogP contribution in [0.4, 0.5) is 0 Å². The molecule has 104 valence electrons. The van der Waals surface area contributed by atoms with Gasteiger partial charge >= 0.3 is 0 Å². The summed E-state index contributed by atoms with van der Waals surface area (Å²) >= 11 is 12.0. The molecule has 1 aliphatic carbocycles. The minimum Gasteiger partial charge on any atom is -0.313 e. The van der Waals surface area contributed by atoms with Gasteiger partial charge < -0.3 is 5.32 Å². The van der Waals surface area contributed by atoms with Crippen LogP contribution in [0.15, 0.2) is 18.5 Å². The van der Waals surface area contributed by atoms with Gasteiger partial charge in [-0.25, -0.2) is 15.0 Å². The molecule has 1 N–H and O–H groups in total. The highest BCUT2D eigenvalue weighted by Gasteiger charge is 2.21. The highest BCUT2D eigenvalue weighted by atomic mass is 35.5. The normalized spacial score (nSPS) is 17.9. The Morgan fingerprint density at radius 1 is 1.25 bits per heavy atom. The summed E-state index contributed by atoms with van der Waals surface area (Å²) in [6, 6.07) is 1.99. The first-order valence-electron chi connectivity index (χ1n) is 6.53. The first-order valence-corrected chi connectivity index (χ1v) is 7.29. The number of aryl methyl sites for hydroxylation is 1. The molecule has 20 heavy (non-hydrogen) atoms. The van der Waals surface area contributed by atoms with Crippen molar-refractivity contribution >= 4 is 23.2 Å². The van der Waals surface area contributed by atoms with Crippen LogP contribution in [-0.4, -0.2) is 22.0 Å². The third kappa shape index (κ3) is 2.51. The highest BCUT2D eigenvalue weighted by molar-refractivity contribution is 6.35. The van der Waals surface area contributed by atoms with Crippen LogP contribution in [0, 0.1) is 0 Å². The molecular weight excluding hydrogens is 295 g/mol. The zero-order chi connectivity index (χ0) is 14.1. The number of rotatable bonds is 2. The molecule has 0 amide bonds. The molecule has 0 radical (unpaired) electrons. The summed E-state index contributed by atoms with van der Waals surface area (Å²) in [4.78, 5) is 13.3. The minimum atomic E-state index is 0.335. The van der Waals surface area contributed by atoms with Crippen molar-refractivity contribution < 1.29 is 0 Å². The van der Waals surface area contributed by atoms with Crippen LogP contribution in [0.2, 0.25) is 10.0 Å². The van der Waals surface area contributed by atoms with Gasteiger partial charge in [-0.3, -0.25) is 0 Å². The van der Waals surface area contributed by atoms with Crippen molar-refractivity contribution in [3.05, 3.63) is 39.8 Å². The van der Waals surface area contributed by atoms with E-state index in [1.165, 1.54) is 5.56 Å². The van der Waals surface area contributed by atoms with Gasteiger partial charge in [-0.2, -0.15) is 0 Å². The van der Waals surface area contributed by atoms with E-state index in [4.69, 9.17) is 23.2 Å². The molecule has 0 fully saturated rings. The monoisotopic (exact) mass is 308 g/mol. The number of hydrogen-bond acceptors (Lipinski definition) is 4. The average Bonchev–Trinajstić information content (AvgIpc) is 2.46. The first-order chi connectivity index (χ1) is 9.69. The number of aromatic nitrogens is 3. The molecule has 2 aromatic rings. The Morgan fingerprint density at radius 2 is 2.10 bits per heavy atom. The van der Waals surface area contributed by atoms with Crippen molar-refractivity contribution in [3.63, 3.8) is 0 Å². The van der Waals surface area contributed by atoms with E-state index in [9.17, 15) is 0 Å². The van der Waals surface area contributed by atoms with Gasteiger partial charge in [0.15, 0.2) is 5.82 Å². The lowest BCUT2D eigenvalue weighted by molar-refractivity contribution is 0.487. The fourth-order valence-corrected chi connectivity index (χ4v) is 3.00. The van der Waals surface area contributed by atoms with Gasteiger partial charge in [-0.05, 0) is 32.4 Å². The van der Waals surface area contributed by atoms with E-state index in [0.717, 1.165) is 25.0 Å². The zero-order valence-corrected chi connectivity index (χ0v) is 12.5. The number of hydrogen-bond donors (Lipinski definition) is 1. The number of halogens is 2. The molecular formula is C14H14Cl2N4. The fraction of sp³-hybridized carbons (Fsp3) is 0.357. The average molecular weight is 309 g/mol. The Morgan fingerprint density at radius 3 is 2.85 bits per heavy atom. The number of nitrogens with one attached hydrogen (secondary N) is 1. The second-order valence-electron chi connectivity index (χ2n) is 4.81. The summed E-state index contributed by atoms with van der Waals surface area (Å²) < 4.78 is 0. The molecule has 0 saturated heterocycles. The van der Waals surface area contributed by atoms with Crippen LogP contribution in [-0.2, 0) is 6.42 Å². The lowest BCUT2D eigenvalue weighted by atomic mass is 9.92. The van der Waals surface area contributed by atoms with Crippen molar-refractivity contribution in [3.8, 4) is 11.5 Å². The predicted molar refractivity (Wildman–Crippen MR) is 80.0 cm³/mol. The first kappa shape index (κ1) is 13.7. The summed E-state index contributed by atoms with van der Waals surface area (Å²) in [5.74, 6) is 0.558. The Bertz CT molecular complexity index is 645. The topological polar surface area (TPSA) is 50.7 Å². The van der Waals surface area contributed by atoms with E-state index >= 15 is 0 Å². The van der Waals surface area contributed by atoms with Gasteiger partial charge in [0.25, 0.3) is 0 Å². The Labute approximate surface area is 127 Å². The molecule has 0 saturated carbocycles. The van der Waals surface area contributed by atoms with E-state index in [-0.39, 0.29) is 0 Å². The van der Waals surface area contributed by atoms with Crippen molar-refractivity contribution in [2.24, 2.45) is 0 Å². The van der Waals surface area contributed by atoms with E-state index in [1.807, 2.05) is 13.2 Å². The maximum atomic E-state index is 6.16. The van der Waals surface area contributed by atoms with Gasteiger partial charge in [-0.15, -0.1) is 0 Å². The third-order valence-electron chi connectivity index (χ3n) is 3.55. The zero-order valence-electron chi connectivity index (χ0n) is 11.0. The molecule has 2 heterocycles. The summed E-state index contributed by atoms with van der Waals surface area (Å²) in [5.41, 5.74) is 2.83. The van der Waals surface area contributed by atoms with Crippen molar-refractivity contribution in [1.29, 1.82) is 0 Å². The van der Waals surface area contributed by atoms with Gasteiger partial charge in [0, 0.05) is 29.7 Å². The third-order valence-corrected chi connectivity index (χ3v) is 4.04. The Balaban J connectivity index is 2.04. The second kappa shape index (κ2) is 5.64. The molecule has 1 atom stereocenters. The van der Waals surface area contributed by atoms with Crippen LogP contribution in [0.25, 0.3) is 11.5 Å². The van der Waals surface area contributed by atoms with E-state index in [0.29, 0.717) is 27.6 Å². The lowest BCUT2D eigenvalue weighted by Gasteiger charge is -2.24. The number of fused-ring (bicyclic) bond motifs is 1. The van der Waals surface area contributed by atoms with Crippen LogP contribution in [0.5, 0.6) is 0 Å². The van der Waals surface area contributed by atoms with Crippen LogP contribution in [0.1, 0.15) is 30.1 Å². The van der Waals surface area contributed by atoms with Crippen molar-refractivity contribution in [2.45, 2.75) is 25.3 Å². The lowest BCUT2D eigenvalue weighted by Crippen LogP contribution is -2.23. The maximum Gasteiger partial charge on any atom is 0.179 e. The molecule has 0 bridgehead atoms. The van der Waals surface area contributed by atoms with Gasteiger partial charge in [0.2, 0.25) is 0 Å². The highest BCUT2D eigenvalue weighted by Crippen LogP contribution is 2.31. The summed E-state index contributed by atoms with van der Waals surface area (Å²) in [5, 5.41) is 4.28. The SMILES string of the molecule is CNC1CCCc2nc(-c3ncc(Cl)cc3Cl)ncc21. The van der Waals surface area contributed by atoms with Crippen LogP contribution in [0.3, 0.4) is 0 Å². The number of nitrogens with zero attached hydrogens (tertiary/aromatic N) is 3. The molecule has 1 aliphatic rings. The maximum absolute atomic E-state index is 6.16. The Kier molecular flexibility index (Phi) is 3.87. The van der Waals surface area contributed by atoms with Gasteiger partial charge in [0.1, 0.15) is 5.69 Å². The molecule has 3 rings (SSSR count). The number of pyridine rings is 1. The minimum absolute atomic E-state index is 0.335. The molecule has 0 aromatic carbocycles. The van der Waals surface area contributed by atoms with Crippen LogP contribution >= 0.6 is 23.2 Å². The van der Waals surface area contributed by atoms with E-state index in [1.54, 1.807) is 12.3 Å². The summed E-state index contributed by atoms with van der Waals surface area (Å²) in [6.07, 6.45) is 6.64. The molecule has 1 unspecified atom stereocenters. The van der Waals surface area contributed by atoms with Crippen LogP contribution < -0.4 is 5.32 Å². The predicted octanol–water partition coefficient (Wildman–Crippen LogP) is 3.44. The molecule has 2 aromatic heterocycles. The van der Waals surface area contributed by atoms with Gasteiger partial charge in [-0.1, -0.05) is 23.2 Å². The van der Waals surface area contributed by atoms with Crippen molar-refractivity contribution in [2.75, 3.05) is 7.05 Å². The molecule has 0 spiro atoms. The quantitative estimate of drug-likeness (QED) is 0.923. The summed E-state index contributed by atoms with van der Waals surface area (Å²) in [6.45, 7) is 0. The molecule has 4 nitrogen and oxygen atoms in total. The fourth-order valence-electron chi connectivity index (χ4n) is 2.54. The second-order valence-corrected chi connectivity index (χ2v) is 5.66. The smallest absolute Gasteiger partial charge is 0.179 e. The van der Waals surface area contributed by atoms with Crippen molar-refractivity contribution in [1.82, 2.24) is 20.3 Å². The van der Waals surface area contributed by atoms with Gasteiger partial charge in [0.05, 0.1) is 10.0 Å². The largest absolute Gasteiger partial charge is 0.313 e.